The molecule has 9 aromatic heterocycles. The van der Waals surface area contributed by atoms with Crippen LogP contribution in [0.15, 0.2) is 76.6 Å². The standard InChI is InChI=1S/C75H108N25O36P5S5/c1-34-20-95(74(104)91-58(34)76)69-54(117-15-10-112-5)50(133-138(107,143)121-22-38-48(101)53(116-14-9-111-4)68(127-38)98-31-88-45-60(78)82-28-85-63(45)98)40(128-69)24-123-140(109,145)136-52-42(131-72(57(52)120-18-13-115-8)100-33-90-47-65(100)92-73(80)93-67(47)103)26-125-141(110,146)135-51-41(130-71(56(51)119-17-12-114-7)99-32-89-46-61(79)83-29-86-64(46)99)25-124-139(108,144)134-49-39(129-70(55(49)118-16-11-113-6)96-21-35(2)66(102)94-75(96)105)23-122-137(106,142)132-37-19-43(126-36(37)3)97-30-87-44-59(77)81-27-84-62(44)97/h20-21,27-33,36-43,48-58,68-72,101H,9-19,22-26,76H2,1-8H3,(H,91,104)(H,106,142)(H,107,143)(H,108,144)(H,109,145)(H,110,146)(H2,77,81,84)(H2,78,82,85)(H2,79,83,86)(H,94,102,105)(H3,80,92,93,103)/p-5/t36-,37-,38-,39-,40-,41-,42-,43-,48+,49+,50+,51+,52+,53?,54?,55?,56?,57?,58?,68-,69-,70-,71-,72-,137?,138?,139?,140?,141?/m1/s1. The Balaban J connectivity index is 0.687. The van der Waals surface area contributed by atoms with Gasteiger partial charge in [0.25, 0.3) is 11.1 Å². The molecule has 7 aliphatic heterocycles. The van der Waals surface area contributed by atoms with E-state index < -0.39 is 243 Å². The minimum Gasteiger partial charge on any atom is -0.780 e. The molecule has 11 unspecified atom stereocenters. The van der Waals surface area contributed by atoms with Gasteiger partial charge in [-0.2, -0.15) is 4.98 Å². The number of amides is 2. The molecule has 29 atom stereocenters. The number of carbonyl (C=O) groups is 1. The highest BCUT2D eigenvalue weighted by Crippen LogP contribution is 2.57. The number of methoxy groups -OCH3 is 5. The Morgan fingerprint density at radius 1 is 0.452 bits per heavy atom. The first-order valence-electron chi connectivity index (χ1n) is 44.4. The van der Waals surface area contributed by atoms with Crippen molar-refractivity contribution in [2.24, 2.45) is 5.73 Å². The van der Waals surface area contributed by atoms with E-state index in [4.69, 9.17) is 209 Å². The van der Waals surface area contributed by atoms with Crippen LogP contribution in [0, 0.1) is 6.92 Å². The van der Waals surface area contributed by atoms with Gasteiger partial charge in [-0.1, -0.05) is 47.2 Å². The molecule has 71 heteroatoms. The van der Waals surface area contributed by atoms with Gasteiger partial charge in [-0.15, -0.1) is 0 Å². The number of nitrogen functional groups attached to an aromatic ring is 4. The maximum Gasteiger partial charge on any atom is 0.330 e. The van der Waals surface area contributed by atoms with Crippen molar-refractivity contribution in [2.45, 2.75) is 174 Å². The van der Waals surface area contributed by atoms with Gasteiger partial charge in [0, 0.05) is 59.9 Å². The number of hydrogen-bond acceptors (Lipinski definition) is 57. The molecule has 6 saturated heterocycles. The summed E-state index contributed by atoms with van der Waals surface area (Å²) in [4.78, 5) is 168. The molecule has 16 rings (SSSR count). The van der Waals surface area contributed by atoms with Crippen LogP contribution in [0.3, 0.4) is 0 Å². The first-order chi connectivity index (χ1) is 69.7. The highest BCUT2D eigenvalue weighted by molar-refractivity contribution is 8.32. The molecule has 146 heavy (non-hydrogen) atoms. The topological polar surface area (TPSA) is 781 Å². The van der Waals surface area contributed by atoms with Gasteiger partial charge in [0.05, 0.1) is 137 Å². The maximum atomic E-state index is 15.8. The molecule has 6 fully saturated rings. The lowest BCUT2D eigenvalue weighted by atomic mass is 10.1. The zero-order chi connectivity index (χ0) is 104. The molecular weight excluding hydrogens is 2140 g/mol. The average molecular weight is 2250 g/mol. The van der Waals surface area contributed by atoms with Crippen molar-refractivity contribution >= 4 is 167 Å². The number of rotatable bonds is 51. The number of aryl methyl sites for hydroxylation is 1. The van der Waals surface area contributed by atoms with E-state index in [0.29, 0.717) is 16.7 Å². The number of nitrogens with zero attached hydrogens (tertiary/aromatic N) is 17. The molecule has 0 aromatic carbocycles. The lowest BCUT2D eigenvalue weighted by molar-refractivity contribution is -0.223. The predicted octanol–water partition coefficient (Wildman–Crippen LogP) is -3.82. The normalized spacial score (nSPS) is 30.3. The number of H-pyrrole nitrogens is 2. The smallest absolute Gasteiger partial charge is 0.330 e. The van der Waals surface area contributed by atoms with Gasteiger partial charge in [0.15, 0.2) is 83.5 Å². The van der Waals surface area contributed by atoms with E-state index in [0.717, 1.165) is 28.3 Å². The zero-order valence-electron chi connectivity index (χ0n) is 78.4. The van der Waals surface area contributed by atoms with Gasteiger partial charge in [-0.3, -0.25) is 51.9 Å². The molecular formula is C75H103N25O36P5S5-5. The number of imidazole rings is 4. The molecule has 2 amide bonds. The van der Waals surface area contributed by atoms with Crippen molar-refractivity contribution in [1.29, 1.82) is 0 Å². The van der Waals surface area contributed by atoms with Crippen LogP contribution in [0.2, 0.25) is 0 Å². The van der Waals surface area contributed by atoms with Crippen molar-refractivity contribution in [3.05, 3.63) is 99.0 Å². The Hall–Kier alpha value is -7.21. The fourth-order valence-electron chi connectivity index (χ4n) is 16.9. The molecule has 0 radical (unpaired) electrons. The molecule has 9 aromatic rings. The molecule has 0 aliphatic carbocycles. The van der Waals surface area contributed by atoms with Crippen LogP contribution in [0.4, 0.5) is 28.2 Å². The second-order valence-electron chi connectivity index (χ2n) is 33.3. The minimum absolute atomic E-state index is 0.00852. The van der Waals surface area contributed by atoms with Gasteiger partial charge >= 0.3 is 11.7 Å². The number of carbonyl (C=O) groups excluding carboxylic acids is 1. The third-order valence-electron chi connectivity index (χ3n) is 23.8. The summed E-state index contributed by atoms with van der Waals surface area (Å²) in [6, 6.07) is -0.840. The van der Waals surface area contributed by atoms with Gasteiger partial charge in [-0.25, -0.2) is 59.4 Å². The van der Waals surface area contributed by atoms with Gasteiger partial charge in [0.2, 0.25) is 5.95 Å². The lowest BCUT2D eigenvalue weighted by Gasteiger charge is -2.38. The van der Waals surface area contributed by atoms with Gasteiger partial charge in [0.1, 0.15) is 166 Å². The van der Waals surface area contributed by atoms with Crippen molar-refractivity contribution in [3.63, 3.8) is 0 Å². The maximum absolute atomic E-state index is 15.8. The van der Waals surface area contributed by atoms with E-state index in [1.165, 1.54) is 94.0 Å². The molecule has 0 bridgehead atoms. The number of hydrogen-bond donors (Lipinski definition) is 9. The number of aliphatic hydroxyl groups excluding tert-OH is 1. The SMILES string of the molecule is COCCOC1[C@@H](OP([O-])(=S)OC[C@H]2O[C@@H](n3cnc4c(N)ncnc43)C(OCCOC)[C@H]2O)[C@@H](COP([O-])(=S)O[C@@H]2C(OCCOC)[C@H](n3cnc4c(=O)[nH]c(N)nc43)O[C@@H]2COP([O-])(=S)O[C@@H]2C(OCCOC)[C@H](n3cnc4c(N)ncnc43)O[C@@H]2COP(=O)([S-])O[C@@H]2C(OCCOC)[C@H](n3cc(C)c(=O)[nH]c3=O)O[C@@H]2COP([O-])(=S)O[C@@H]2C[C@H](n3cnc4c(N)ncnc43)O[C@@H]2C)O[C@H]1N1C=C(C)C(N)NC1=O. The van der Waals surface area contributed by atoms with Crippen LogP contribution in [0.5, 0.6) is 0 Å². The van der Waals surface area contributed by atoms with Gasteiger partial charge in [-0.05, 0) is 26.3 Å². The number of fused-ring (bicyclic) bond motifs is 4. The Morgan fingerprint density at radius 3 is 1.28 bits per heavy atom. The van der Waals surface area contributed by atoms with E-state index in [9.17, 15) is 29.2 Å². The number of aromatic nitrogens is 18. The summed E-state index contributed by atoms with van der Waals surface area (Å²) in [6.45, 7) is -27.2. The minimum atomic E-state index is -5.31. The first kappa shape index (κ1) is 111. The third-order valence-corrected chi connectivity index (χ3v) is 31.5. The Labute approximate surface area is 852 Å². The summed E-state index contributed by atoms with van der Waals surface area (Å²) in [5.74, 6) is -0.351. The molecule has 14 N–H and O–H groups in total. The lowest BCUT2D eigenvalue weighted by Crippen LogP contribution is -2.57. The summed E-state index contributed by atoms with van der Waals surface area (Å²) < 4.78 is 181. The number of ether oxygens (including phenoxy) is 16. The van der Waals surface area contributed by atoms with Crippen LogP contribution in [-0.4, -0.2) is 354 Å². The largest absolute Gasteiger partial charge is 0.780 e. The molecule has 7 aliphatic rings. The fourth-order valence-corrected chi connectivity index (χ4v) is 24.1. The summed E-state index contributed by atoms with van der Waals surface area (Å²) in [5.41, 5.74) is 29.3. The molecule has 61 nitrogen and oxygen atoms in total. The summed E-state index contributed by atoms with van der Waals surface area (Å²) in [7, 11) is 6.86. The average Bonchev–Trinajstić information content (AvgIpc) is 1.59. The van der Waals surface area contributed by atoms with E-state index in [1.54, 1.807) is 18.4 Å². The second kappa shape index (κ2) is 48.0. The molecule has 804 valence electrons. The van der Waals surface area contributed by atoms with Crippen LogP contribution in [0.1, 0.15) is 57.0 Å². The molecule has 0 spiro atoms. The number of aromatic amines is 2. The monoisotopic (exact) mass is 2240 g/mol. The summed E-state index contributed by atoms with van der Waals surface area (Å²) in [6.07, 6.45) is -24.8. The van der Waals surface area contributed by atoms with Gasteiger partial charge < -0.3 is 192 Å². The fraction of sp³-hybridized carbons (Fsp3) is 0.640. The Kier molecular flexibility index (Phi) is 36.6. The van der Waals surface area contributed by atoms with Crippen LogP contribution >= 0.6 is 33.7 Å². The van der Waals surface area contributed by atoms with E-state index >= 15 is 19.2 Å². The predicted molar refractivity (Wildman–Crippen MR) is 509 cm³/mol. The highest BCUT2D eigenvalue weighted by atomic mass is 32.7. The van der Waals surface area contributed by atoms with Crippen LogP contribution < -0.4 is 70.4 Å². The van der Waals surface area contributed by atoms with E-state index in [1.807, 2.05) is 0 Å². The third kappa shape index (κ3) is 25.5. The van der Waals surface area contributed by atoms with E-state index in [-0.39, 0.29) is 129 Å². The summed E-state index contributed by atoms with van der Waals surface area (Å²) in [5, 5.41) is 14.5. The first-order valence-corrected chi connectivity index (χ1v) is 57.2. The second-order valence-corrected chi connectivity index (χ2v) is 46.9. The number of aliphatic hydroxyl groups is 1. The number of nitrogens with two attached hydrogens (primary N) is 5. The highest BCUT2D eigenvalue weighted by Gasteiger charge is 2.57. The molecule has 0 saturated carbocycles. The number of anilines is 4. The molecule has 16 heterocycles. The van der Waals surface area contributed by atoms with Crippen molar-refractivity contribution in [2.75, 3.05) is 158 Å². The van der Waals surface area contributed by atoms with Crippen molar-refractivity contribution < 1.29 is 155 Å². The van der Waals surface area contributed by atoms with Crippen molar-refractivity contribution in [1.82, 2.24) is 97.8 Å². The van der Waals surface area contributed by atoms with Crippen LogP contribution in [-0.2, 0) is 185 Å². The quantitative estimate of drug-likeness (QED) is 0.0100. The van der Waals surface area contributed by atoms with Crippen molar-refractivity contribution in [3.8, 4) is 0 Å². The number of urea groups is 1. The van der Waals surface area contributed by atoms with E-state index in [2.05, 4.69) is 70.1 Å². The number of nitrogens with one attached hydrogen (secondary N) is 3. The Bertz CT molecular complexity index is 6570. The Morgan fingerprint density at radius 2 is 0.822 bits per heavy atom. The zero-order valence-corrected chi connectivity index (χ0v) is 86.9. The van der Waals surface area contributed by atoms with Crippen LogP contribution in [0.25, 0.3) is 44.7 Å². The summed E-state index contributed by atoms with van der Waals surface area (Å²) >= 11 is 28.5.